The lowest BCUT2D eigenvalue weighted by atomic mass is 10.3. The van der Waals surface area contributed by atoms with Crippen LogP contribution in [-0.4, -0.2) is 17.5 Å². The fraction of sp³-hybridized carbons (Fsp3) is 0.0909. The number of aromatic nitrogens is 1. The number of carbonyl (C=O) groups excluding carboxylic acids is 1. The molecule has 2 aromatic rings. The Bertz CT molecular complexity index is 559. The van der Waals surface area contributed by atoms with E-state index in [9.17, 15) is 4.79 Å². The minimum Gasteiger partial charge on any atom is -0.482 e. The Kier molecular flexibility index (Phi) is 4.16. The van der Waals surface area contributed by atoms with Crippen LogP contribution in [0.15, 0.2) is 34.2 Å². The molecule has 94 valence electrons. The lowest BCUT2D eigenvalue weighted by Gasteiger charge is -2.07. The van der Waals surface area contributed by atoms with Gasteiger partial charge < -0.3 is 10.5 Å². The van der Waals surface area contributed by atoms with E-state index in [0.717, 1.165) is 3.79 Å². The zero-order valence-electron chi connectivity index (χ0n) is 9.22. The molecule has 0 bridgehead atoms. The Hall–Kier alpha value is -1.60. The maximum atomic E-state index is 11.6. The Labute approximate surface area is 116 Å². The summed E-state index contributed by atoms with van der Waals surface area (Å²) >= 11 is 4.60. The predicted molar refractivity (Wildman–Crippen MR) is 74.8 cm³/mol. The number of nitrogens with zero attached hydrogens (tertiary/aromatic N) is 1. The number of para-hydroxylation sites is 2. The number of nitrogen functional groups attached to an aromatic ring is 1. The predicted octanol–water partition coefficient (Wildman–Crippen LogP) is 2.51. The normalized spacial score (nSPS) is 10.1. The molecular weight excluding hydrogens is 318 g/mol. The molecule has 0 fully saturated rings. The average Bonchev–Trinajstić information content (AvgIpc) is 2.74. The van der Waals surface area contributed by atoms with Crippen LogP contribution in [0.5, 0.6) is 5.75 Å². The van der Waals surface area contributed by atoms with Crippen LogP contribution >= 0.6 is 27.3 Å². The number of nitrogens with two attached hydrogens (primary N) is 1. The molecule has 3 N–H and O–H groups in total. The van der Waals surface area contributed by atoms with Gasteiger partial charge in [0.05, 0.1) is 15.7 Å². The summed E-state index contributed by atoms with van der Waals surface area (Å²) in [6.07, 6.45) is 1.62. The molecule has 0 saturated heterocycles. The van der Waals surface area contributed by atoms with Crippen LogP contribution < -0.4 is 15.8 Å². The summed E-state index contributed by atoms with van der Waals surface area (Å²) in [6.45, 7) is -0.106. The van der Waals surface area contributed by atoms with E-state index in [0.29, 0.717) is 16.6 Å². The second-order valence-electron chi connectivity index (χ2n) is 3.34. The van der Waals surface area contributed by atoms with E-state index >= 15 is 0 Å². The highest BCUT2D eigenvalue weighted by Gasteiger charge is 2.07. The fourth-order valence-corrected chi connectivity index (χ4v) is 2.35. The average molecular weight is 328 g/mol. The van der Waals surface area contributed by atoms with E-state index in [-0.39, 0.29) is 12.5 Å². The zero-order valence-corrected chi connectivity index (χ0v) is 11.6. The SMILES string of the molecule is Nc1ccccc1OCC(=O)Nc1ncc(Br)s1. The Morgan fingerprint density at radius 3 is 2.94 bits per heavy atom. The number of halogens is 1. The number of thiazole rings is 1. The third-order valence-electron chi connectivity index (χ3n) is 2.00. The lowest BCUT2D eigenvalue weighted by Crippen LogP contribution is -2.20. The monoisotopic (exact) mass is 327 g/mol. The summed E-state index contributed by atoms with van der Waals surface area (Å²) in [4.78, 5) is 15.6. The molecule has 0 saturated carbocycles. The van der Waals surface area contributed by atoms with Crippen LogP contribution in [-0.2, 0) is 4.79 Å². The van der Waals surface area contributed by atoms with Crippen LogP contribution in [0, 0.1) is 0 Å². The first-order valence-electron chi connectivity index (χ1n) is 5.03. The van der Waals surface area contributed by atoms with E-state index < -0.39 is 0 Å². The van der Waals surface area contributed by atoms with Gasteiger partial charge in [0.25, 0.3) is 5.91 Å². The number of benzene rings is 1. The molecule has 0 radical (unpaired) electrons. The van der Waals surface area contributed by atoms with Crippen molar-refractivity contribution < 1.29 is 9.53 Å². The van der Waals surface area contributed by atoms with Gasteiger partial charge in [-0.1, -0.05) is 23.5 Å². The van der Waals surface area contributed by atoms with Gasteiger partial charge in [-0.3, -0.25) is 10.1 Å². The molecular formula is C11H10BrN3O2S. The first kappa shape index (κ1) is 12.8. The van der Waals surface area contributed by atoms with Crippen molar-refractivity contribution in [3.05, 3.63) is 34.2 Å². The molecule has 5 nitrogen and oxygen atoms in total. The number of carbonyl (C=O) groups is 1. The molecule has 1 aromatic carbocycles. The highest BCUT2D eigenvalue weighted by molar-refractivity contribution is 9.11. The molecule has 0 atom stereocenters. The fourth-order valence-electron chi connectivity index (χ4n) is 1.22. The molecule has 0 aliphatic carbocycles. The number of hydrogen-bond donors (Lipinski definition) is 2. The largest absolute Gasteiger partial charge is 0.482 e. The van der Waals surface area contributed by atoms with E-state index in [1.165, 1.54) is 11.3 Å². The summed E-state index contributed by atoms with van der Waals surface area (Å²) in [6, 6.07) is 7.02. The van der Waals surface area contributed by atoms with Gasteiger partial charge in [0.1, 0.15) is 5.75 Å². The van der Waals surface area contributed by atoms with Crippen molar-refractivity contribution in [3.8, 4) is 5.75 Å². The van der Waals surface area contributed by atoms with E-state index in [2.05, 4.69) is 26.2 Å². The second-order valence-corrected chi connectivity index (χ2v) is 5.75. The maximum absolute atomic E-state index is 11.6. The summed E-state index contributed by atoms with van der Waals surface area (Å²) in [5.74, 6) is 0.216. The van der Waals surface area contributed by atoms with E-state index in [4.69, 9.17) is 10.5 Å². The third kappa shape index (κ3) is 3.44. The highest BCUT2D eigenvalue weighted by atomic mass is 79.9. The van der Waals surface area contributed by atoms with E-state index in [1.54, 1.807) is 30.5 Å². The Balaban J connectivity index is 1.87. The van der Waals surface area contributed by atoms with Crippen LogP contribution in [0.4, 0.5) is 10.8 Å². The molecule has 0 spiro atoms. The molecule has 0 aliphatic heterocycles. The van der Waals surface area contributed by atoms with Gasteiger partial charge in [-0.05, 0) is 28.1 Å². The number of rotatable bonds is 4. The van der Waals surface area contributed by atoms with Gasteiger partial charge >= 0.3 is 0 Å². The minimum atomic E-state index is -0.278. The van der Waals surface area contributed by atoms with Crippen molar-refractivity contribution >= 4 is 44.0 Å². The molecule has 1 amide bonds. The van der Waals surface area contributed by atoms with E-state index in [1.807, 2.05) is 0 Å². The number of nitrogens with one attached hydrogen (secondary N) is 1. The first-order valence-corrected chi connectivity index (χ1v) is 6.64. The minimum absolute atomic E-state index is 0.106. The molecule has 1 aromatic heterocycles. The van der Waals surface area contributed by atoms with Gasteiger partial charge in [0.15, 0.2) is 11.7 Å². The molecule has 1 heterocycles. The van der Waals surface area contributed by atoms with Gasteiger partial charge in [-0.2, -0.15) is 0 Å². The quantitative estimate of drug-likeness (QED) is 0.846. The molecule has 0 aliphatic rings. The number of ether oxygens (including phenoxy) is 1. The second kappa shape index (κ2) is 5.83. The van der Waals surface area contributed by atoms with Crippen molar-refractivity contribution in [2.45, 2.75) is 0 Å². The van der Waals surface area contributed by atoms with Crippen LogP contribution in [0.2, 0.25) is 0 Å². The lowest BCUT2D eigenvalue weighted by molar-refractivity contribution is -0.118. The number of amides is 1. The molecule has 2 rings (SSSR count). The molecule has 7 heteroatoms. The van der Waals surface area contributed by atoms with Crippen LogP contribution in [0.25, 0.3) is 0 Å². The van der Waals surface area contributed by atoms with Crippen molar-refractivity contribution in [1.82, 2.24) is 4.98 Å². The first-order chi connectivity index (χ1) is 8.65. The summed E-state index contributed by atoms with van der Waals surface area (Å²) in [5, 5.41) is 3.15. The maximum Gasteiger partial charge on any atom is 0.264 e. The van der Waals surface area contributed by atoms with Gasteiger partial charge in [0, 0.05) is 0 Å². The van der Waals surface area contributed by atoms with Crippen molar-refractivity contribution in [3.63, 3.8) is 0 Å². The van der Waals surface area contributed by atoms with Gasteiger partial charge in [-0.15, -0.1) is 0 Å². The number of anilines is 2. The Morgan fingerprint density at radius 2 is 2.28 bits per heavy atom. The smallest absolute Gasteiger partial charge is 0.264 e. The van der Waals surface area contributed by atoms with Crippen molar-refractivity contribution in [2.75, 3.05) is 17.7 Å². The molecule has 0 unspecified atom stereocenters. The van der Waals surface area contributed by atoms with Gasteiger partial charge in [-0.25, -0.2) is 4.98 Å². The summed E-state index contributed by atoms with van der Waals surface area (Å²) in [5.41, 5.74) is 6.19. The van der Waals surface area contributed by atoms with Crippen LogP contribution in [0.1, 0.15) is 0 Å². The third-order valence-corrected chi connectivity index (χ3v) is 3.39. The van der Waals surface area contributed by atoms with Gasteiger partial charge in [0.2, 0.25) is 0 Å². The highest BCUT2D eigenvalue weighted by Crippen LogP contribution is 2.23. The standard InChI is InChI=1S/C11H10BrN3O2S/c12-9-5-14-11(18-9)15-10(16)6-17-8-4-2-1-3-7(8)13/h1-5H,6,13H2,(H,14,15,16). The Morgan fingerprint density at radius 1 is 1.50 bits per heavy atom. The van der Waals surface area contributed by atoms with Crippen LogP contribution in [0.3, 0.4) is 0 Å². The number of hydrogen-bond acceptors (Lipinski definition) is 5. The molecule has 18 heavy (non-hydrogen) atoms. The van der Waals surface area contributed by atoms with Crippen molar-refractivity contribution in [1.29, 1.82) is 0 Å². The summed E-state index contributed by atoms with van der Waals surface area (Å²) < 4.78 is 6.16. The zero-order chi connectivity index (χ0) is 13.0. The van der Waals surface area contributed by atoms with Crippen molar-refractivity contribution in [2.24, 2.45) is 0 Å². The topological polar surface area (TPSA) is 77.2 Å². The summed E-state index contributed by atoms with van der Waals surface area (Å²) in [7, 11) is 0.